The van der Waals surface area contributed by atoms with E-state index in [1.807, 2.05) is 27.7 Å². The third-order valence-corrected chi connectivity index (χ3v) is 5.79. The van der Waals surface area contributed by atoms with E-state index in [0.717, 1.165) is 45.2 Å². The van der Waals surface area contributed by atoms with E-state index in [1.165, 1.54) is 0 Å². The van der Waals surface area contributed by atoms with E-state index in [1.54, 1.807) is 0 Å². The number of rotatable bonds is 14. The van der Waals surface area contributed by atoms with Crippen molar-refractivity contribution in [2.75, 3.05) is 26.2 Å². The largest absolute Gasteiger partial charge is 0.390 e. The van der Waals surface area contributed by atoms with E-state index in [0.29, 0.717) is 13.1 Å². The van der Waals surface area contributed by atoms with Crippen molar-refractivity contribution in [3.05, 3.63) is 0 Å². The molecule has 6 N–H and O–H groups in total. The summed E-state index contributed by atoms with van der Waals surface area (Å²) in [6.45, 7) is 10.8. The van der Waals surface area contributed by atoms with Crippen LogP contribution >= 0.6 is 0 Å². The number of hydrogen-bond donors (Lipinski definition) is 5. The Bertz CT molecular complexity index is 452. The minimum Gasteiger partial charge on any atom is -0.390 e. The second-order valence-electron chi connectivity index (χ2n) is 8.11. The molecule has 0 bridgehead atoms. The van der Waals surface area contributed by atoms with Crippen LogP contribution in [0.15, 0.2) is 0 Å². The summed E-state index contributed by atoms with van der Waals surface area (Å²) in [7, 11) is 0. The summed E-state index contributed by atoms with van der Waals surface area (Å²) in [6.07, 6.45) is 0.0236. The van der Waals surface area contributed by atoms with Crippen molar-refractivity contribution >= 4 is 5.91 Å². The summed E-state index contributed by atoms with van der Waals surface area (Å²) in [5.74, 6) is -0.716. The molecule has 0 radical (unpaired) electrons. The molecule has 1 fully saturated rings. The standard InChI is InChI=1S/C21H43N3O5/c1-5-14(3)16-17(25)18(26)21(28-15(4)6-2)29-19(16)20(27)24-13-8-7-11-23-12-9-10-22/h14-19,21,23,25-26H,5-13,22H2,1-4H3,(H,24,27). The monoisotopic (exact) mass is 417 g/mol. The summed E-state index contributed by atoms with van der Waals surface area (Å²) in [6, 6.07) is 0. The van der Waals surface area contributed by atoms with E-state index in [2.05, 4.69) is 10.6 Å². The average Bonchev–Trinajstić information content (AvgIpc) is 2.72. The summed E-state index contributed by atoms with van der Waals surface area (Å²) in [5.41, 5.74) is 5.46. The van der Waals surface area contributed by atoms with Gasteiger partial charge in [-0.3, -0.25) is 4.79 Å². The fraction of sp³-hybridized carbons (Fsp3) is 0.952. The summed E-state index contributed by atoms with van der Waals surface area (Å²) in [4.78, 5) is 12.8. The predicted molar refractivity (Wildman–Crippen MR) is 113 cm³/mol. The van der Waals surface area contributed by atoms with Gasteiger partial charge in [-0.15, -0.1) is 0 Å². The summed E-state index contributed by atoms with van der Waals surface area (Å²) in [5, 5.41) is 27.4. The van der Waals surface area contributed by atoms with Crippen LogP contribution in [0.4, 0.5) is 0 Å². The first-order valence-electron chi connectivity index (χ1n) is 11.2. The molecule has 0 spiro atoms. The van der Waals surface area contributed by atoms with Gasteiger partial charge >= 0.3 is 0 Å². The molecule has 0 aromatic rings. The summed E-state index contributed by atoms with van der Waals surface area (Å²) < 4.78 is 11.6. The van der Waals surface area contributed by atoms with Gasteiger partial charge in [0.15, 0.2) is 6.29 Å². The normalized spacial score (nSPS) is 29.4. The highest BCUT2D eigenvalue weighted by molar-refractivity contribution is 5.81. The molecule has 1 saturated heterocycles. The van der Waals surface area contributed by atoms with Gasteiger partial charge in [-0.2, -0.15) is 0 Å². The highest BCUT2D eigenvalue weighted by Crippen LogP contribution is 2.34. The molecule has 7 atom stereocenters. The smallest absolute Gasteiger partial charge is 0.249 e. The van der Waals surface area contributed by atoms with Crippen LogP contribution in [0.3, 0.4) is 0 Å². The zero-order valence-electron chi connectivity index (χ0n) is 18.6. The number of nitrogens with one attached hydrogen (secondary N) is 2. The van der Waals surface area contributed by atoms with Crippen LogP contribution in [0.5, 0.6) is 0 Å². The first-order chi connectivity index (χ1) is 13.9. The van der Waals surface area contributed by atoms with Gasteiger partial charge in [-0.25, -0.2) is 0 Å². The zero-order chi connectivity index (χ0) is 21.8. The Labute approximate surface area is 175 Å². The van der Waals surface area contributed by atoms with E-state index < -0.39 is 30.5 Å². The molecule has 29 heavy (non-hydrogen) atoms. The lowest BCUT2D eigenvalue weighted by molar-refractivity contribution is -0.295. The Morgan fingerprint density at radius 3 is 2.34 bits per heavy atom. The third-order valence-electron chi connectivity index (χ3n) is 5.79. The number of carbonyl (C=O) groups is 1. The van der Waals surface area contributed by atoms with E-state index in [-0.39, 0.29) is 17.9 Å². The van der Waals surface area contributed by atoms with Crippen molar-refractivity contribution in [3.8, 4) is 0 Å². The number of carbonyl (C=O) groups excluding carboxylic acids is 1. The van der Waals surface area contributed by atoms with Gasteiger partial charge in [0.1, 0.15) is 12.2 Å². The second-order valence-corrected chi connectivity index (χ2v) is 8.11. The lowest BCUT2D eigenvalue weighted by Gasteiger charge is -2.44. The number of nitrogens with two attached hydrogens (primary N) is 1. The number of aliphatic hydroxyl groups excluding tert-OH is 2. The van der Waals surface area contributed by atoms with Crippen LogP contribution in [0.2, 0.25) is 0 Å². The van der Waals surface area contributed by atoms with Crippen LogP contribution in [-0.4, -0.2) is 73.0 Å². The molecule has 8 heteroatoms. The highest BCUT2D eigenvalue weighted by atomic mass is 16.7. The van der Waals surface area contributed by atoms with Crippen LogP contribution in [0.25, 0.3) is 0 Å². The van der Waals surface area contributed by atoms with Crippen LogP contribution in [0.1, 0.15) is 59.8 Å². The average molecular weight is 418 g/mol. The van der Waals surface area contributed by atoms with Gasteiger partial charge in [0, 0.05) is 12.5 Å². The van der Waals surface area contributed by atoms with Crippen LogP contribution in [-0.2, 0) is 14.3 Å². The molecule has 1 heterocycles. The van der Waals surface area contributed by atoms with Crippen molar-refractivity contribution in [2.45, 2.75) is 90.5 Å². The van der Waals surface area contributed by atoms with Crippen molar-refractivity contribution in [1.29, 1.82) is 0 Å². The highest BCUT2D eigenvalue weighted by Gasteiger charge is 2.49. The Morgan fingerprint density at radius 1 is 1.07 bits per heavy atom. The lowest BCUT2D eigenvalue weighted by atomic mass is 9.78. The fourth-order valence-corrected chi connectivity index (χ4v) is 3.50. The zero-order valence-corrected chi connectivity index (χ0v) is 18.6. The number of unbranched alkanes of at least 4 members (excludes halogenated alkanes) is 1. The molecule has 172 valence electrons. The van der Waals surface area contributed by atoms with Crippen LogP contribution in [0, 0.1) is 11.8 Å². The molecule has 8 nitrogen and oxygen atoms in total. The van der Waals surface area contributed by atoms with E-state index in [9.17, 15) is 15.0 Å². The van der Waals surface area contributed by atoms with E-state index in [4.69, 9.17) is 15.2 Å². The van der Waals surface area contributed by atoms with Gasteiger partial charge in [0.25, 0.3) is 0 Å². The van der Waals surface area contributed by atoms with Crippen molar-refractivity contribution in [3.63, 3.8) is 0 Å². The van der Waals surface area contributed by atoms with Crippen molar-refractivity contribution in [2.24, 2.45) is 17.6 Å². The molecule has 1 amide bonds. The maximum atomic E-state index is 12.8. The minimum atomic E-state index is -1.17. The number of aliphatic hydroxyl groups is 2. The lowest BCUT2D eigenvalue weighted by Crippen LogP contribution is -2.61. The maximum Gasteiger partial charge on any atom is 0.249 e. The maximum absolute atomic E-state index is 12.8. The molecule has 1 aliphatic heterocycles. The van der Waals surface area contributed by atoms with E-state index >= 15 is 0 Å². The second kappa shape index (κ2) is 14.3. The molecule has 7 unspecified atom stereocenters. The summed E-state index contributed by atoms with van der Waals surface area (Å²) >= 11 is 0. The first-order valence-corrected chi connectivity index (χ1v) is 11.2. The van der Waals surface area contributed by atoms with Gasteiger partial charge in [-0.05, 0) is 58.2 Å². The fourth-order valence-electron chi connectivity index (χ4n) is 3.50. The number of ether oxygens (including phenoxy) is 2. The Kier molecular flexibility index (Phi) is 12.9. The number of amides is 1. The van der Waals surface area contributed by atoms with Gasteiger partial charge in [-0.1, -0.05) is 27.2 Å². The van der Waals surface area contributed by atoms with Gasteiger partial charge in [0.05, 0.1) is 12.2 Å². The van der Waals surface area contributed by atoms with Crippen molar-refractivity contribution in [1.82, 2.24) is 10.6 Å². The molecule has 0 aliphatic carbocycles. The quantitative estimate of drug-likeness (QED) is 0.264. The molecule has 1 aliphatic rings. The molecular formula is C21H43N3O5. The predicted octanol–water partition coefficient (Wildman–Crippen LogP) is 0.745. The SMILES string of the molecule is CCC(C)OC1OC(C(=O)NCCCCNCCCN)C(C(C)CC)C(O)C1O. The Hall–Kier alpha value is -0.770. The van der Waals surface area contributed by atoms with Gasteiger partial charge < -0.3 is 36.1 Å². The Morgan fingerprint density at radius 2 is 1.72 bits per heavy atom. The molecule has 0 aromatic carbocycles. The van der Waals surface area contributed by atoms with Gasteiger partial charge in [0.2, 0.25) is 5.91 Å². The van der Waals surface area contributed by atoms with Crippen LogP contribution < -0.4 is 16.4 Å². The first kappa shape index (κ1) is 26.3. The third kappa shape index (κ3) is 8.47. The minimum absolute atomic E-state index is 0.0201. The molecule has 0 aromatic heterocycles. The molecule has 0 saturated carbocycles. The molecular weight excluding hydrogens is 374 g/mol. The Balaban J connectivity index is 2.62. The van der Waals surface area contributed by atoms with Crippen molar-refractivity contribution < 1.29 is 24.5 Å². The molecule has 1 rings (SSSR count). The topological polar surface area (TPSA) is 126 Å². The number of hydrogen-bond acceptors (Lipinski definition) is 7.